The summed E-state index contributed by atoms with van der Waals surface area (Å²) in [5, 5.41) is 6.58. The standard InChI is InChI=1S/C13H17N5O/c1-9-3-4-13(19-9)18(2)12-5-11(15-8-16-12)17-10-6-14-7-10/h3-5,8,10,14H,6-7H2,1-2H3,(H,15,16,17). The van der Waals surface area contributed by atoms with Crippen LogP contribution in [0.1, 0.15) is 5.76 Å². The van der Waals surface area contributed by atoms with Gasteiger partial charge in [-0.05, 0) is 13.0 Å². The van der Waals surface area contributed by atoms with Crippen molar-refractivity contribution in [3.05, 3.63) is 30.3 Å². The second kappa shape index (κ2) is 4.89. The molecule has 3 heterocycles. The van der Waals surface area contributed by atoms with Gasteiger partial charge >= 0.3 is 0 Å². The van der Waals surface area contributed by atoms with Gasteiger partial charge in [-0.3, -0.25) is 4.90 Å². The summed E-state index contributed by atoms with van der Waals surface area (Å²) in [5.41, 5.74) is 0. The highest BCUT2D eigenvalue weighted by atomic mass is 16.4. The lowest BCUT2D eigenvalue weighted by Gasteiger charge is -2.28. The number of rotatable bonds is 4. The highest BCUT2D eigenvalue weighted by Gasteiger charge is 2.17. The van der Waals surface area contributed by atoms with E-state index >= 15 is 0 Å². The zero-order valence-corrected chi connectivity index (χ0v) is 11.1. The Bertz CT molecular complexity index is 564. The van der Waals surface area contributed by atoms with Crippen molar-refractivity contribution in [1.82, 2.24) is 15.3 Å². The molecule has 1 aliphatic rings. The van der Waals surface area contributed by atoms with Crippen molar-refractivity contribution in [2.75, 3.05) is 30.4 Å². The van der Waals surface area contributed by atoms with E-state index in [9.17, 15) is 0 Å². The van der Waals surface area contributed by atoms with Gasteiger partial charge in [0, 0.05) is 32.3 Å². The maximum absolute atomic E-state index is 5.59. The minimum atomic E-state index is 0.457. The molecule has 6 nitrogen and oxygen atoms in total. The Balaban J connectivity index is 1.77. The lowest BCUT2D eigenvalue weighted by Crippen LogP contribution is -2.51. The van der Waals surface area contributed by atoms with E-state index in [-0.39, 0.29) is 0 Å². The number of hydrogen-bond acceptors (Lipinski definition) is 6. The molecule has 2 aromatic heterocycles. The highest BCUT2D eigenvalue weighted by molar-refractivity contribution is 5.57. The van der Waals surface area contributed by atoms with Gasteiger partial charge in [-0.1, -0.05) is 0 Å². The van der Waals surface area contributed by atoms with E-state index in [1.807, 2.05) is 37.1 Å². The second-order valence-electron chi connectivity index (χ2n) is 4.70. The SMILES string of the molecule is Cc1ccc(N(C)c2cc(NC3CNC3)ncn2)o1. The van der Waals surface area contributed by atoms with E-state index in [2.05, 4.69) is 20.6 Å². The van der Waals surface area contributed by atoms with E-state index < -0.39 is 0 Å². The second-order valence-corrected chi connectivity index (χ2v) is 4.70. The van der Waals surface area contributed by atoms with E-state index in [0.29, 0.717) is 6.04 Å². The first-order valence-corrected chi connectivity index (χ1v) is 6.32. The Kier molecular flexibility index (Phi) is 3.08. The van der Waals surface area contributed by atoms with Crippen molar-refractivity contribution < 1.29 is 4.42 Å². The Morgan fingerprint density at radius 2 is 2.21 bits per heavy atom. The molecular weight excluding hydrogens is 242 g/mol. The van der Waals surface area contributed by atoms with Crippen LogP contribution < -0.4 is 15.5 Å². The van der Waals surface area contributed by atoms with Crippen LogP contribution in [0.4, 0.5) is 17.5 Å². The van der Waals surface area contributed by atoms with Crippen molar-refractivity contribution in [2.24, 2.45) is 0 Å². The fourth-order valence-corrected chi connectivity index (χ4v) is 1.92. The van der Waals surface area contributed by atoms with Crippen molar-refractivity contribution >= 4 is 17.5 Å². The van der Waals surface area contributed by atoms with Gasteiger partial charge in [0.15, 0.2) is 0 Å². The lowest BCUT2D eigenvalue weighted by molar-refractivity contribution is 0.471. The molecule has 0 amide bonds. The van der Waals surface area contributed by atoms with Gasteiger partial charge in [-0.15, -0.1) is 0 Å². The summed E-state index contributed by atoms with van der Waals surface area (Å²) >= 11 is 0. The third-order valence-electron chi connectivity index (χ3n) is 3.19. The van der Waals surface area contributed by atoms with E-state index in [4.69, 9.17) is 4.42 Å². The fourth-order valence-electron chi connectivity index (χ4n) is 1.92. The van der Waals surface area contributed by atoms with Crippen LogP contribution in [0.5, 0.6) is 0 Å². The summed E-state index contributed by atoms with van der Waals surface area (Å²) in [7, 11) is 1.93. The molecule has 1 fully saturated rings. The summed E-state index contributed by atoms with van der Waals surface area (Å²) in [6.07, 6.45) is 1.57. The molecular formula is C13H17N5O. The van der Waals surface area contributed by atoms with Crippen LogP contribution in [-0.4, -0.2) is 36.1 Å². The molecule has 2 N–H and O–H groups in total. The van der Waals surface area contributed by atoms with Crippen molar-refractivity contribution in [3.8, 4) is 0 Å². The monoisotopic (exact) mass is 259 g/mol. The lowest BCUT2D eigenvalue weighted by atomic mass is 10.2. The van der Waals surface area contributed by atoms with Crippen LogP contribution in [0, 0.1) is 6.92 Å². The van der Waals surface area contributed by atoms with Gasteiger partial charge in [-0.25, -0.2) is 9.97 Å². The number of furan rings is 1. The van der Waals surface area contributed by atoms with Crippen molar-refractivity contribution in [2.45, 2.75) is 13.0 Å². The third kappa shape index (κ3) is 2.53. The van der Waals surface area contributed by atoms with Gasteiger partial charge in [0.2, 0.25) is 5.88 Å². The number of nitrogens with zero attached hydrogens (tertiary/aromatic N) is 3. The predicted octanol–water partition coefficient (Wildman–Crippen LogP) is 1.53. The molecule has 1 aliphatic heterocycles. The summed E-state index contributed by atoms with van der Waals surface area (Å²) in [6.45, 7) is 3.88. The number of aryl methyl sites for hydroxylation is 1. The number of hydrogen-bond donors (Lipinski definition) is 2. The van der Waals surface area contributed by atoms with E-state index in [1.54, 1.807) is 6.33 Å². The summed E-state index contributed by atoms with van der Waals surface area (Å²) in [6, 6.07) is 6.25. The fraction of sp³-hybridized carbons (Fsp3) is 0.385. The Hall–Kier alpha value is -2.08. The van der Waals surface area contributed by atoms with Crippen molar-refractivity contribution in [3.63, 3.8) is 0 Å². The minimum absolute atomic E-state index is 0.457. The largest absolute Gasteiger partial charge is 0.445 e. The molecule has 19 heavy (non-hydrogen) atoms. The summed E-state index contributed by atoms with van der Waals surface area (Å²) < 4.78 is 5.59. The first-order chi connectivity index (χ1) is 9.22. The molecule has 0 bridgehead atoms. The Morgan fingerprint density at radius 1 is 1.37 bits per heavy atom. The third-order valence-corrected chi connectivity index (χ3v) is 3.19. The van der Waals surface area contributed by atoms with Crippen LogP contribution in [-0.2, 0) is 0 Å². The molecule has 6 heteroatoms. The molecule has 0 spiro atoms. The molecule has 0 atom stereocenters. The maximum Gasteiger partial charge on any atom is 0.200 e. The maximum atomic E-state index is 5.59. The van der Waals surface area contributed by atoms with Gasteiger partial charge in [0.05, 0.1) is 6.04 Å². The molecule has 1 saturated heterocycles. The zero-order valence-electron chi connectivity index (χ0n) is 11.1. The molecule has 0 unspecified atom stereocenters. The van der Waals surface area contributed by atoms with Gasteiger partial charge in [0.25, 0.3) is 0 Å². The number of aromatic nitrogens is 2. The first kappa shape index (κ1) is 12.0. The van der Waals surface area contributed by atoms with Gasteiger partial charge in [-0.2, -0.15) is 0 Å². The van der Waals surface area contributed by atoms with Crippen LogP contribution in [0.3, 0.4) is 0 Å². The van der Waals surface area contributed by atoms with Crippen LogP contribution >= 0.6 is 0 Å². The van der Waals surface area contributed by atoms with E-state index in [1.165, 1.54) is 0 Å². The highest BCUT2D eigenvalue weighted by Crippen LogP contribution is 2.24. The average Bonchev–Trinajstić information content (AvgIpc) is 2.80. The summed E-state index contributed by atoms with van der Waals surface area (Å²) in [4.78, 5) is 10.4. The van der Waals surface area contributed by atoms with Crippen LogP contribution in [0.15, 0.2) is 28.9 Å². The topological polar surface area (TPSA) is 66.2 Å². The minimum Gasteiger partial charge on any atom is -0.445 e. The smallest absolute Gasteiger partial charge is 0.200 e. The molecule has 100 valence electrons. The number of nitrogens with one attached hydrogen (secondary N) is 2. The van der Waals surface area contributed by atoms with Gasteiger partial charge in [0.1, 0.15) is 23.7 Å². The molecule has 0 aliphatic carbocycles. The Morgan fingerprint density at radius 3 is 2.84 bits per heavy atom. The van der Waals surface area contributed by atoms with Crippen LogP contribution in [0.2, 0.25) is 0 Å². The Labute approximate surface area is 111 Å². The molecule has 0 saturated carbocycles. The molecule has 0 radical (unpaired) electrons. The molecule has 2 aromatic rings. The normalized spacial score (nSPS) is 15.1. The summed E-state index contributed by atoms with van der Waals surface area (Å²) in [5.74, 6) is 3.30. The molecule has 0 aromatic carbocycles. The van der Waals surface area contributed by atoms with Crippen molar-refractivity contribution in [1.29, 1.82) is 0 Å². The van der Waals surface area contributed by atoms with E-state index in [0.717, 1.165) is 36.4 Å². The zero-order chi connectivity index (χ0) is 13.2. The van der Waals surface area contributed by atoms with Gasteiger partial charge < -0.3 is 15.1 Å². The quantitative estimate of drug-likeness (QED) is 0.868. The average molecular weight is 259 g/mol. The van der Waals surface area contributed by atoms with Crippen LogP contribution in [0.25, 0.3) is 0 Å². The molecule has 3 rings (SSSR count). The first-order valence-electron chi connectivity index (χ1n) is 6.32. The number of anilines is 3. The predicted molar refractivity (Wildman–Crippen MR) is 73.8 cm³/mol.